The fraction of sp³-hybridized carbons (Fsp3) is 0.0789. The van der Waals surface area contributed by atoms with Crippen molar-refractivity contribution in [2.75, 3.05) is 5.01 Å². The van der Waals surface area contributed by atoms with Crippen LogP contribution in [0.2, 0.25) is 10.0 Å². The molecule has 0 fully saturated rings. The minimum atomic E-state index is -0.678. The number of anilines is 1. The molecular weight excluding hydrogens is 675 g/mol. The number of aromatic nitrogens is 2. The van der Waals surface area contributed by atoms with Crippen LogP contribution in [0.5, 0.6) is 0 Å². The number of halogens is 2. The van der Waals surface area contributed by atoms with Crippen molar-refractivity contribution < 1.29 is 4.79 Å². The first-order chi connectivity index (χ1) is 23.9. The Balaban J connectivity index is 1.29. The Labute approximate surface area is 296 Å². The maximum atomic E-state index is 14.9. The number of carbonyl (C=O) groups excluding carboxylic acids is 1. The van der Waals surface area contributed by atoms with Crippen molar-refractivity contribution in [2.24, 2.45) is 16.0 Å². The first kappa shape index (κ1) is 31.1. The van der Waals surface area contributed by atoms with Gasteiger partial charge in [-0.25, -0.2) is 9.98 Å². The van der Waals surface area contributed by atoms with Crippen LogP contribution < -0.4 is 10.6 Å². The lowest BCUT2D eigenvalue weighted by molar-refractivity contribution is -0.119. The first-order valence-corrected chi connectivity index (χ1v) is 17.1. The summed E-state index contributed by atoms with van der Waals surface area (Å²) in [6, 6.07) is 32.9. The van der Waals surface area contributed by atoms with Crippen molar-refractivity contribution in [1.82, 2.24) is 14.5 Å². The number of nitrogens with zero attached hydrogens (tertiary/aromatic N) is 6. The number of aliphatic imine (C=N–C) groups is 1. The van der Waals surface area contributed by atoms with E-state index in [2.05, 4.69) is 5.10 Å². The predicted molar refractivity (Wildman–Crippen MR) is 199 cm³/mol. The number of thioether (sulfide) groups is 1. The van der Waals surface area contributed by atoms with E-state index >= 15 is 0 Å². The molecule has 2 unspecified atom stereocenters. The minimum absolute atomic E-state index is 0.181. The van der Waals surface area contributed by atoms with Gasteiger partial charge in [0.15, 0.2) is 11.0 Å². The normalized spacial score (nSPS) is 18.3. The number of amidine groups is 1. The average molecular weight is 702 g/mol. The number of carbonyl (C=O) groups is 1. The molecule has 0 radical (unpaired) electrons. The number of hydrogen-bond acceptors (Lipinski definition) is 7. The van der Waals surface area contributed by atoms with Gasteiger partial charge in [0, 0.05) is 15.7 Å². The summed E-state index contributed by atoms with van der Waals surface area (Å²) in [5, 5.41) is 9.85. The second-order valence-corrected chi connectivity index (χ2v) is 13.3. The molecule has 3 aliphatic rings. The van der Waals surface area contributed by atoms with E-state index in [1.165, 1.54) is 16.8 Å². The third-order valence-electron chi connectivity index (χ3n) is 8.55. The van der Waals surface area contributed by atoms with Crippen molar-refractivity contribution in [1.29, 1.82) is 0 Å². The Kier molecular flexibility index (Phi) is 8.03. The summed E-state index contributed by atoms with van der Waals surface area (Å²) < 4.78 is 1.60. The third kappa shape index (κ3) is 5.59. The van der Waals surface area contributed by atoms with E-state index in [1.807, 2.05) is 126 Å². The number of fused-ring (bicyclic) bond motifs is 2. The van der Waals surface area contributed by atoms with Gasteiger partial charge < -0.3 is 4.90 Å². The zero-order valence-electron chi connectivity index (χ0n) is 25.9. The van der Waals surface area contributed by atoms with Crippen LogP contribution in [-0.2, 0) is 4.79 Å². The predicted octanol–water partition coefficient (Wildman–Crippen LogP) is 8.73. The fourth-order valence-corrected chi connectivity index (χ4v) is 7.46. The van der Waals surface area contributed by atoms with Gasteiger partial charge in [0.05, 0.1) is 28.7 Å². The summed E-state index contributed by atoms with van der Waals surface area (Å²) in [6.07, 6.45) is 3.70. The molecule has 11 heteroatoms. The van der Waals surface area contributed by atoms with Gasteiger partial charge in [-0.05, 0) is 78.1 Å². The van der Waals surface area contributed by atoms with E-state index in [0.717, 1.165) is 11.1 Å². The quantitative estimate of drug-likeness (QED) is 0.177. The molecule has 8 nitrogen and oxygen atoms in total. The van der Waals surface area contributed by atoms with Crippen molar-refractivity contribution in [3.63, 3.8) is 0 Å². The topological polar surface area (TPSA) is 83.2 Å². The molecule has 1 aromatic heterocycles. The molecule has 0 saturated carbocycles. The lowest BCUT2D eigenvalue weighted by atomic mass is 9.93. The van der Waals surface area contributed by atoms with Crippen LogP contribution in [0.4, 0.5) is 11.5 Å². The number of hydrazone groups is 1. The molecule has 0 aliphatic carbocycles. The van der Waals surface area contributed by atoms with E-state index in [-0.39, 0.29) is 11.5 Å². The Hall–Kier alpha value is -5.22. The summed E-state index contributed by atoms with van der Waals surface area (Å²) >= 11 is 13.9. The summed E-state index contributed by atoms with van der Waals surface area (Å²) in [5.41, 5.74) is 4.47. The van der Waals surface area contributed by atoms with Crippen LogP contribution in [-0.4, -0.2) is 31.2 Å². The molecule has 0 N–H and O–H groups in total. The van der Waals surface area contributed by atoms with E-state index < -0.39 is 12.0 Å². The number of para-hydroxylation sites is 2. The summed E-state index contributed by atoms with van der Waals surface area (Å²) in [5.74, 6) is -0.126. The molecule has 4 aromatic carbocycles. The van der Waals surface area contributed by atoms with Crippen molar-refractivity contribution in [3.8, 4) is 5.69 Å². The standard InChI is InChI=1S/C38H26Cl2N6O2S/c1-23-32(37(48)46(43-23)29-10-6-3-7-11-29)30-22-49-38-42-35-33(34(45(30)38)25-15-19-27(40)20-16-25)36(47)44(28-8-4-2-5-9-28)31(41-35)21-14-24-12-17-26(39)18-13-24/h2-22,32,34H,1H3/b21-14+. The van der Waals surface area contributed by atoms with Gasteiger partial charge in [0.2, 0.25) is 0 Å². The maximum absolute atomic E-state index is 14.9. The van der Waals surface area contributed by atoms with Gasteiger partial charge in [0.1, 0.15) is 11.7 Å². The molecule has 240 valence electrons. The summed E-state index contributed by atoms with van der Waals surface area (Å²) in [7, 11) is 0. The fourth-order valence-electron chi connectivity index (χ4n) is 6.27. The molecule has 4 heterocycles. The molecule has 0 bridgehead atoms. The second kappa shape index (κ2) is 12.7. The SMILES string of the molecule is CC1=NN(c2ccccc2)C(=O)C1C1=CSC2=Nc3nc(/C=C/c4ccc(Cl)cc4)n(-c4ccccc4)c(=O)c3C(c3ccc(Cl)cc3)N12. The van der Waals surface area contributed by atoms with Gasteiger partial charge in [-0.2, -0.15) is 10.1 Å². The van der Waals surface area contributed by atoms with E-state index in [1.54, 1.807) is 16.7 Å². The highest BCUT2D eigenvalue weighted by Crippen LogP contribution is 2.48. The lowest BCUT2D eigenvalue weighted by Gasteiger charge is -2.37. The number of amides is 1. The van der Waals surface area contributed by atoms with Crippen molar-refractivity contribution >= 4 is 75.4 Å². The molecule has 3 aliphatic heterocycles. The Morgan fingerprint density at radius 3 is 2.08 bits per heavy atom. The number of rotatable bonds is 6. The molecule has 49 heavy (non-hydrogen) atoms. The molecule has 8 rings (SSSR count). The largest absolute Gasteiger partial charge is 0.311 e. The molecule has 0 saturated heterocycles. The monoisotopic (exact) mass is 700 g/mol. The first-order valence-electron chi connectivity index (χ1n) is 15.5. The Morgan fingerprint density at radius 1 is 0.776 bits per heavy atom. The lowest BCUT2D eigenvalue weighted by Crippen LogP contribution is -2.42. The zero-order valence-corrected chi connectivity index (χ0v) is 28.3. The highest BCUT2D eigenvalue weighted by molar-refractivity contribution is 8.16. The van der Waals surface area contributed by atoms with Crippen LogP contribution in [0.1, 0.15) is 35.5 Å². The van der Waals surface area contributed by atoms with Crippen LogP contribution in [0.25, 0.3) is 17.8 Å². The highest BCUT2D eigenvalue weighted by Gasteiger charge is 2.47. The van der Waals surface area contributed by atoms with E-state index in [0.29, 0.717) is 55.2 Å². The summed E-state index contributed by atoms with van der Waals surface area (Å²) in [4.78, 5) is 41.0. The number of hydrogen-bond donors (Lipinski definition) is 0. The maximum Gasteiger partial charge on any atom is 0.266 e. The van der Waals surface area contributed by atoms with E-state index in [9.17, 15) is 9.59 Å². The highest BCUT2D eigenvalue weighted by atomic mass is 35.5. The molecule has 0 spiro atoms. The number of benzene rings is 4. The molecule has 1 amide bonds. The van der Waals surface area contributed by atoms with Crippen LogP contribution >= 0.6 is 35.0 Å². The molecule has 2 atom stereocenters. The molecular formula is C38H26Cl2N6O2S. The summed E-state index contributed by atoms with van der Waals surface area (Å²) in [6.45, 7) is 1.85. The van der Waals surface area contributed by atoms with Gasteiger partial charge >= 0.3 is 0 Å². The third-order valence-corrected chi connectivity index (χ3v) is 9.91. The zero-order chi connectivity index (χ0) is 33.6. The van der Waals surface area contributed by atoms with Crippen LogP contribution in [0.15, 0.2) is 135 Å². The minimum Gasteiger partial charge on any atom is -0.311 e. The second-order valence-electron chi connectivity index (χ2n) is 11.6. The Bertz CT molecular complexity index is 2290. The van der Waals surface area contributed by atoms with Gasteiger partial charge in [0.25, 0.3) is 11.5 Å². The Morgan fingerprint density at radius 2 is 1.41 bits per heavy atom. The van der Waals surface area contributed by atoms with E-state index in [4.69, 9.17) is 33.2 Å². The van der Waals surface area contributed by atoms with Crippen LogP contribution in [0.3, 0.4) is 0 Å². The van der Waals surface area contributed by atoms with Gasteiger partial charge in [-0.15, -0.1) is 0 Å². The van der Waals surface area contributed by atoms with Crippen LogP contribution in [0, 0.1) is 5.92 Å². The van der Waals surface area contributed by atoms with Crippen molar-refractivity contribution in [3.05, 3.63) is 163 Å². The smallest absolute Gasteiger partial charge is 0.266 e. The van der Waals surface area contributed by atoms with Gasteiger partial charge in [-0.3, -0.25) is 14.2 Å². The average Bonchev–Trinajstić information content (AvgIpc) is 3.66. The van der Waals surface area contributed by atoms with Crippen molar-refractivity contribution in [2.45, 2.75) is 13.0 Å². The molecule has 5 aromatic rings. The van der Waals surface area contributed by atoms with Gasteiger partial charge in [-0.1, -0.05) is 102 Å².